The molecule has 132 valence electrons. The zero-order valence-electron chi connectivity index (χ0n) is 13.7. The first-order chi connectivity index (χ1) is 12.0. The van der Waals surface area contributed by atoms with E-state index in [4.69, 9.17) is 16.3 Å². The Bertz CT molecular complexity index is 952. The van der Waals surface area contributed by atoms with Gasteiger partial charge in [-0.05, 0) is 65.7 Å². The van der Waals surface area contributed by atoms with E-state index in [0.29, 0.717) is 24.6 Å². The van der Waals surface area contributed by atoms with Crippen LogP contribution in [0.15, 0.2) is 58.8 Å². The van der Waals surface area contributed by atoms with Crippen LogP contribution in [0.2, 0.25) is 5.02 Å². The molecule has 0 aliphatic heterocycles. The second-order valence-corrected chi connectivity index (χ2v) is 9.03. The van der Waals surface area contributed by atoms with Gasteiger partial charge in [0.25, 0.3) is 0 Å². The number of halogens is 1. The lowest BCUT2D eigenvalue weighted by Gasteiger charge is -2.17. The Morgan fingerprint density at radius 1 is 1.12 bits per heavy atom. The Hall–Kier alpha value is -1.60. The highest BCUT2D eigenvalue weighted by atomic mass is 35.5. The number of hydrogen-bond acceptors (Lipinski definition) is 4. The molecular formula is C18H18ClNO3S2. The van der Waals surface area contributed by atoms with Crippen LogP contribution in [0.1, 0.15) is 6.42 Å². The van der Waals surface area contributed by atoms with E-state index in [0.717, 1.165) is 5.75 Å². The monoisotopic (exact) mass is 395 g/mol. The quantitative estimate of drug-likeness (QED) is 0.547. The van der Waals surface area contributed by atoms with Crippen LogP contribution in [-0.4, -0.2) is 32.9 Å². The van der Waals surface area contributed by atoms with Crippen LogP contribution in [0.5, 0.6) is 5.75 Å². The first-order valence-electron chi connectivity index (χ1n) is 7.79. The lowest BCUT2D eigenvalue weighted by Crippen LogP contribution is -2.28. The van der Waals surface area contributed by atoms with Crippen molar-refractivity contribution in [2.75, 3.05) is 20.2 Å². The molecule has 0 aliphatic rings. The van der Waals surface area contributed by atoms with Gasteiger partial charge < -0.3 is 4.74 Å². The van der Waals surface area contributed by atoms with Gasteiger partial charge in [-0.1, -0.05) is 11.6 Å². The summed E-state index contributed by atoms with van der Waals surface area (Å²) in [7, 11) is -1.93. The third kappa shape index (κ3) is 4.33. The lowest BCUT2D eigenvalue weighted by molar-refractivity contribution is 0.297. The van der Waals surface area contributed by atoms with E-state index in [-0.39, 0.29) is 4.90 Å². The molecule has 25 heavy (non-hydrogen) atoms. The summed E-state index contributed by atoms with van der Waals surface area (Å²) in [6.07, 6.45) is 0.603. The molecular weight excluding hydrogens is 378 g/mol. The fraction of sp³-hybridized carbons (Fsp3) is 0.222. The average Bonchev–Trinajstić information content (AvgIpc) is 3.06. The number of thiophene rings is 1. The van der Waals surface area contributed by atoms with Gasteiger partial charge in [-0.2, -0.15) is 0 Å². The molecule has 0 saturated carbocycles. The number of fused-ring (bicyclic) bond motifs is 1. The first-order valence-corrected chi connectivity index (χ1v) is 10.5. The zero-order valence-corrected chi connectivity index (χ0v) is 16.1. The minimum atomic E-state index is -3.50. The molecule has 0 fully saturated rings. The van der Waals surface area contributed by atoms with Gasteiger partial charge in [0.05, 0.1) is 11.5 Å². The average molecular weight is 396 g/mol. The van der Waals surface area contributed by atoms with Crippen LogP contribution >= 0.6 is 22.9 Å². The van der Waals surface area contributed by atoms with Gasteiger partial charge in [0, 0.05) is 23.3 Å². The summed E-state index contributed by atoms with van der Waals surface area (Å²) in [4.78, 5) is 0.239. The van der Waals surface area contributed by atoms with E-state index in [2.05, 4.69) is 6.07 Å². The zero-order chi connectivity index (χ0) is 17.9. The molecule has 0 amide bonds. The van der Waals surface area contributed by atoms with Crippen molar-refractivity contribution in [1.29, 1.82) is 0 Å². The number of nitrogens with zero attached hydrogens (tertiary/aromatic N) is 1. The fourth-order valence-corrected chi connectivity index (χ4v) is 4.56. The summed E-state index contributed by atoms with van der Waals surface area (Å²) in [5.74, 6) is 0.804. The molecule has 1 aromatic heterocycles. The van der Waals surface area contributed by atoms with Crippen LogP contribution in [0.3, 0.4) is 0 Å². The van der Waals surface area contributed by atoms with Crippen LogP contribution in [-0.2, 0) is 10.0 Å². The number of ether oxygens (including phenoxy) is 1. The third-order valence-electron chi connectivity index (χ3n) is 3.84. The minimum Gasteiger partial charge on any atom is -0.493 e. The van der Waals surface area contributed by atoms with Crippen molar-refractivity contribution in [2.45, 2.75) is 11.3 Å². The molecule has 3 aromatic rings. The predicted octanol–water partition coefficient (Wildman–Crippen LogP) is 4.64. The standard InChI is InChI=1S/C18H18ClNO3S2/c1-20(25(21,22)17-7-4-15(19)5-8-17)10-2-11-23-16-6-3-14-9-12-24-18(14)13-16/h3-9,12-13H,2,10-11H2,1H3. The first kappa shape index (κ1) is 18.2. The SMILES string of the molecule is CN(CCCOc1ccc2ccsc2c1)S(=O)(=O)c1ccc(Cl)cc1. The molecule has 0 saturated heterocycles. The molecule has 0 radical (unpaired) electrons. The van der Waals surface area contributed by atoms with Gasteiger partial charge in [-0.3, -0.25) is 0 Å². The summed E-state index contributed by atoms with van der Waals surface area (Å²) in [5.41, 5.74) is 0. The molecule has 0 spiro atoms. The van der Waals surface area contributed by atoms with Gasteiger partial charge >= 0.3 is 0 Å². The summed E-state index contributed by atoms with van der Waals surface area (Å²) in [6, 6.07) is 14.2. The third-order valence-corrected chi connectivity index (χ3v) is 6.84. The molecule has 1 heterocycles. The van der Waals surface area contributed by atoms with Gasteiger partial charge in [0.1, 0.15) is 5.75 Å². The summed E-state index contributed by atoms with van der Waals surface area (Å²) >= 11 is 7.48. The minimum absolute atomic E-state index is 0.239. The Morgan fingerprint density at radius 2 is 1.88 bits per heavy atom. The van der Waals surface area contributed by atoms with Crippen molar-refractivity contribution >= 4 is 43.0 Å². The maximum Gasteiger partial charge on any atom is 0.242 e. The van der Waals surface area contributed by atoms with Gasteiger partial charge in [0.15, 0.2) is 0 Å². The molecule has 4 nitrogen and oxygen atoms in total. The van der Waals surface area contributed by atoms with Crippen molar-refractivity contribution in [3.8, 4) is 5.75 Å². The maximum absolute atomic E-state index is 12.5. The highest BCUT2D eigenvalue weighted by molar-refractivity contribution is 7.89. The smallest absolute Gasteiger partial charge is 0.242 e. The van der Waals surface area contributed by atoms with Crippen LogP contribution in [0.25, 0.3) is 10.1 Å². The van der Waals surface area contributed by atoms with E-state index >= 15 is 0 Å². The highest BCUT2D eigenvalue weighted by Gasteiger charge is 2.20. The van der Waals surface area contributed by atoms with E-state index in [1.54, 1.807) is 30.5 Å². The van der Waals surface area contributed by atoms with Crippen molar-refractivity contribution in [2.24, 2.45) is 0 Å². The molecule has 0 bridgehead atoms. The molecule has 0 N–H and O–H groups in total. The number of sulfonamides is 1. The maximum atomic E-state index is 12.5. The Kier molecular flexibility index (Phi) is 5.64. The number of hydrogen-bond donors (Lipinski definition) is 0. The van der Waals surface area contributed by atoms with Crippen LogP contribution in [0.4, 0.5) is 0 Å². The summed E-state index contributed by atoms with van der Waals surface area (Å²) in [6.45, 7) is 0.837. The van der Waals surface area contributed by atoms with Crippen molar-refractivity contribution in [1.82, 2.24) is 4.31 Å². The van der Waals surface area contributed by atoms with Crippen molar-refractivity contribution < 1.29 is 13.2 Å². The van der Waals surface area contributed by atoms with Crippen LogP contribution < -0.4 is 4.74 Å². The predicted molar refractivity (Wildman–Crippen MR) is 103 cm³/mol. The number of rotatable bonds is 7. The van der Waals surface area contributed by atoms with Gasteiger partial charge in [-0.15, -0.1) is 11.3 Å². The van der Waals surface area contributed by atoms with E-state index in [9.17, 15) is 8.42 Å². The molecule has 0 atom stereocenters. The Labute approximate surface area is 156 Å². The van der Waals surface area contributed by atoms with E-state index in [1.165, 1.54) is 26.5 Å². The molecule has 0 unspecified atom stereocenters. The molecule has 3 rings (SSSR count). The van der Waals surface area contributed by atoms with Gasteiger partial charge in [-0.25, -0.2) is 12.7 Å². The van der Waals surface area contributed by atoms with E-state index < -0.39 is 10.0 Å². The second kappa shape index (κ2) is 7.74. The topological polar surface area (TPSA) is 46.6 Å². The molecule has 0 aliphatic carbocycles. The molecule has 7 heteroatoms. The summed E-state index contributed by atoms with van der Waals surface area (Å²) in [5, 5.41) is 3.76. The highest BCUT2D eigenvalue weighted by Crippen LogP contribution is 2.25. The Morgan fingerprint density at radius 3 is 2.64 bits per heavy atom. The Balaban J connectivity index is 1.53. The summed E-state index contributed by atoms with van der Waals surface area (Å²) < 4.78 is 33.2. The second-order valence-electron chi connectivity index (χ2n) is 5.60. The molecule has 2 aromatic carbocycles. The largest absolute Gasteiger partial charge is 0.493 e. The van der Waals surface area contributed by atoms with Crippen molar-refractivity contribution in [3.63, 3.8) is 0 Å². The lowest BCUT2D eigenvalue weighted by atomic mass is 10.2. The fourth-order valence-electron chi connectivity index (χ4n) is 2.41. The van der Waals surface area contributed by atoms with Gasteiger partial charge in [0.2, 0.25) is 10.0 Å². The number of benzene rings is 2. The van der Waals surface area contributed by atoms with E-state index in [1.807, 2.05) is 23.6 Å². The van der Waals surface area contributed by atoms with Crippen molar-refractivity contribution in [3.05, 3.63) is 58.9 Å². The van der Waals surface area contributed by atoms with Crippen LogP contribution in [0, 0.1) is 0 Å². The normalized spacial score (nSPS) is 12.0.